The minimum atomic E-state index is -5.63. The molecule has 12 heteroatoms. The lowest BCUT2D eigenvalue weighted by Crippen LogP contribution is -2.27. The minimum absolute atomic E-state index is 0.343. The van der Waals surface area contributed by atoms with E-state index in [9.17, 15) is 34.4 Å². The highest BCUT2D eigenvalue weighted by Gasteiger charge is 2.36. The molecule has 0 bridgehead atoms. The molecule has 0 unspecified atom stereocenters. The molecular weight excluding hydrogens is 330 g/mol. The van der Waals surface area contributed by atoms with Crippen molar-refractivity contribution in [3.8, 4) is 0 Å². The predicted octanol–water partition coefficient (Wildman–Crippen LogP) is 0.788. The van der Waals surface area contributed by atoms with Crippen LogP contribution in [0.3, 0.4) is 0 Å². The third-order valence-corrected chi connectivity index (χ3v) is 4.48. The van der Waals surface area contributed by atoms with Crippen LogP contribution in [0.15, 0.2) is 9.79 Å². The van der Waals surface area contributed by atoms with Crippen LogP contribution in [0.2, 0.25) is 0 Å². The van der Waals surface area contributed by atoms with Gasteiger partial charge in [0.2, 0.25) is 10.0 Å². The zero-order valence-corrected chi connectivity index (χ0v) is 11.2. The summed E-state index contributed by atoms with van der Waals surface area (Å²) in [6.45, 7) is 0.886. The molecule has 6 nitrogen and oxygen atoms in total. The van der Waals surface area contributed by atoms with Crippen molar-refractivity contribution in [2.45, 2.75) is 16.7 Å². The smallest absolute Gasteiger partial charge is 0.282 e. The summed E-state index contributed by atoms with van der Waals surface area (Å²) in [6, 6.07) is 0. The average Bonchev–Trinajstić information content (AvgIpc) is 2.24. The van der Waals surface area contributed by atoms with Gasteiger partial charge in [0.25, 0.3) is 0 Å². The second-order valence-corrected chi connectivity index (χ2v) is 6.45. The lowest BCUT2D eigenvalue weighted by Gasteiger charge is -2.10. The van der Waals surface area contributed by atoms with Crippen LogP contribution < -0.4 is 4.72 Å². The molecule has 2 N–H and O–H groups in total. The summed E-state index contributed by atoms with van der Waals surface area (Å²) in [5.74, 6) is -10.00. The summed E-state index contributed by atoms with van der Waals surface area (Å²) < 4.78 is 108. The summed E-state index contributed by atoms with van der Waals surface area (Å²) in [5.41, 5.74) is 0. The molecule has 1 rings (SSSR count). The minimum Gasteiger partial charge on any atom is -0.282 e. The maximum atomic E-state index is 13.5. The first-order chi connectivity index (χ1) is 8.95. The fourth-order valence-corrected chi connectivity index (χ4v) is 3.12. The van der Waals surface area contributed by atoms with Crippen LogP contribution in [0.1, 0.15) is 6.92 Å². The van der Waals surface area contributed by atoms with Crippen LogP contribution in [0.25, 0.3) is 0 Å². The molecule has 1 aromatic rings. The van der Waals surface area contributed by atoms with Gasteiger partial charge in [0.1, 0.15) is 0 Å². The second kappa shape index (κ2) is 5.27. The molecule has 0 saturated carbocycles. The normalized spacial score (nSPS) is 12.7. The highest BCUT2D eigenvalue weighted by Crippen LogP contribution is 2.29. The van der Waals surface area contributed by atoms with Gasteiger partial charge in [-0.15, -0.1) is 0 Å². The van der Waals surface area contributed by atoms with E-state index >= 15 is 0 Å². The number of benzene rings is 1. The van der Waals surface area contributed by atoms with Crippen molar-refractivity contribution in [3.63, 3.8) is 0 Å². The molecule has 0 saturated heterocycles. The van der Waals surface area contributed by atoms with Crippen molar-refractivity contribution in [3.05, 3.63) is 23.3 Å². The fraction of sp³-hybridized carbons (Fsp3) is 0.250. The highest BCUT2D eigenvalue weighted by atomic mass is 32.2. The van der Waals surface area contributed by atoms with Gasteiger partial charge in [-0.05, 0) is 0 Å². The second-order valence-electron chi connectivity index (χ2n) is 3.39. The Labute approximate surface area is 111 Å². The lowest BCUT2D eigenvalue weighted by molar-refractivity contribution is 0.379. The van der Waals surface area contributed by atoms with Crippen molar-refractivity contribution in [1.82, 2.24) is 4.72 Å². The number of hydrogen-bond donors (Lipinski definition) is 2. The first-order valence-corrected chi connectivity index (χ1v) is 7.70. The summed E-state index contributed by atoms with van der Waals surface area (Å²) in [4.78, 5) is -4.32. The Bertz CT molecular complexity index is 731. The number of halogens is 4. The maximum absolute atomic E-state index is 13.5. The van der Waals surface area contributed by atoms with Crippen molar-refractivity contribution >= 4 is 20.1 Å². The third-order valence-electron chi connectivity index (χ3n) is 2.04. The summed E-state index contributed by atoms with van der Waals surface area (Å²) >= 11 is 0. The first-order valence-electron chi connectivity index (χ1n) is 4.78. The van der Waals surface area contributed by atoms with Crippen molar-refractivity contribution in [1.29, 1.82) is 0 Å². The Balaban J connectivity index is 3.89. The van der Waals surface area contributed by atoms with Crippen LogP contribution in [-0.4, -0.2) is 27.9 Å². The van der Waals surface area contributed by atoms with E-state index in [1.54, 1.807) is 4.72 Å². The van der Waals surface area contributed by atoms with Crippen LogP contribution in [0.4, 0.5) is 17.6 Å². The number of nitrogens with one attached hydrogen (secondary N) is 1. The fourth-order valence-electron chi connectivity index (χ4n) is 1.32. The molecule has 0 aliphatic heterocycles. The van der Waals surface area contributed by atoms with Gasteiger partial charge >= 0.3 is 10.1 Å². The van der Waals surface area contributed by atoms with E-state index in [-0.39, 0.29) is 6.54 Å². The van der Waals surface area contributed by atoms with E-state index in [1.807, 2.05) is 0 Å². The van der Waals surface area contributed by atoms with Gasteiger partial charge in [0.15, 0.2) is 33.1 Å². The molecular formula is C8H7F4NO5S2. The van der Waals surface area contributed by atoms with Gasteiger partial charge < -0.3 is 0 Å². The number of rotatable bonds is 4. The Morgan fingerprint density at radius 2 is 1.25 bits per heavy atom. The molecule has 0 aromatic heterocycles. The van der Waals surface area contributed by atoms with Gasteiger partial charge in [-0.25, -0.2) is 30.7 Å². The Kier molecular flexibility index (Phi) is 4.43. The largest absolute Gasteiger partial charge is 0.300 e. The summed E-state index contributed by atoms with van der Waals surface area (Å²) in [5, 5.41) is 0. The molecule has 0 aliphatic rings. The number of hydrogen-bond acceptors (Lipinski definition) is 4. The molecule has 0 aliphatic carbocycles. The molecule has 0 radical (unpaired) electrons. The van der Waals surface area contributed by atoms with E-state index < -0.39 is 53.2 Å². The zero-order chi connectivity index (χ0) is 15.9. The van der Waals surface area contributed by atoms with Gasteiger partial charge in [-0.3, -0.25) is 4.55 Å². The molecule has 0 spiro atoms. The predicted molar refractivity (Wildman–Crippen MR) is 57.0 cm³/mol. The molecule has 20 heavy (non-hydrogen) atoms. The van der Waals surface area contributed by atoms with Crippen molar-refractivity contribution < 1.29 is 39.0 Å². The number of sulfonamides is 1. The molecule has 0 fully saturated rings. The SMILES string of the molecule is CCNS(=O)(=O)c1c(F)c(F)c(S(=O)(=O)O)c(F)c1F. The van der Waals surface area contributed by atoms with E-state index in [0.29, 0.717) is 0 Å². The van der Waals surface area contributed by atoms with Crippen LogP contribution in [-0.2, 0) is 20.1 Å². The van der Waals surface area contributed by atoms with Gasteiger partial charge in [-0.1, -0.05) is 6.92 Å². The molecule has 114 valence electrons. The van der Waals surface area contributed by atoms with Crippen LogP contribution in [0, 0.1) is 23.3 Å². The zero-order valence-electron chi connectivity index (χ0n) is 9.62. The van der Waals surface area contributed by atoms with Crippen LogP contribution >= 0.6 is 0 Å². The summed E-state index contributed by atoms with van der Waals surface area (Å²) in [6.07, 6.45) is 0. The van der Waals surface area contributed by atoms with E-state index in [4.69, 9.17) is 4.55 Å². The topological polar surface area (TPSA) is 101 Å². The van der Waals surface area contributed by atoms with Gasteiger partial charge in [-0.2, -0.15) is 8.42 Å². The third kappa shape index (κ3) is 2.77. The van der Waals surface area contributed by atoms with E-state index in [1.165, 1.54) is 6.92 Å². The standard InChI is InChI=1S/C8H7F4NO5S2/c1-2-13-19(14,15)7-3(9)5(11)8(20(16,17)18)6(12)4(7)10/h13H,2H2,1H3,(H,16,17,18). The van der Waals surface area contributed by atoms with E-state index in [2.05, 4.69) is 0 Å². The Morgan fingerprint density at radius 3 is 1.55 bits per heavy atom. The monoisotopic (exact) mass is 337 g/mol. The average molecular weight is 337 g/mol. The molecule has 0 heterocycles. The molecule has 1 aromatic carbocycles. The maximum Gasteiger partial charge on any atom is 0.300 e. The first kappa shape index (κ1) is 16.8. The Hall–Kier alpha value is -1.24. The van der Waals surface area contributed by atoms with Gasteiger partial charge in [0.05, 0.1) is 0 Å². The Morgan fingerprint density at radius 1 is 0.900 bits per heavy atom. The van der Waals surface area contributed by atoms with Gasteiger partial charge in [0, 0.05) is 6.54 Å². The lowest BCUT2D eigenvalue weighted by atomic mass is 10.3. The summed E-state index contributed by atoms with van der Waals surface area (Å²) in [7, 11) is -10.6. The molecule has 0 amide bonds. The van der Waals surface area contributed by atoms with Crippen LogP contribution in [0.5, 0.6) is 0 Å². The van der Waals surface area contributed by atoms with Crippen molar-refractivity contribution in [2.24, 2.45) is 0 Å². The molecule has 0 atom stereocenters. The highest BCUT2D eigenvalue weighted by molar-refractivity contribution is 7.89. The van der Waals surface area contributed by atoms with Crippen molar-refractivity contribution in [2.75, 3.05) is 6.54 Å². The quantitative estimate of drug-likeness (QED) is 0.481. The van der Waals surface area contributed by atoms with E-state index in [0.717, 1.165) is 0 Å².